The van der Waals surface area contributed by atoms with Crippen LogP contribution in [0.4, 0.5) is 0 Å². The molecule has 0 aliphatic heterocycles. The van der Waals surface area contributed by atoms with Crippen LogP contribution in [0.3, 0.4) is 0 Å². The van der Waals surface area contributed by atoms with Gasteiger partial charge in [-0.3, -0.25) is 0 Å². The van der Waals surface area contributed by atoms with Crippen LogP contribution in [-0.4, -0.2) is 31.6 Å². The second-order valence-corrected chi connectivity index (χ2v) is 5.85. The maximum absolute atomic E-state index is 5.76. The van der Waals surface area contributed by atoms with Gasteiger partial charge in [-0.25, -0.2) is 0 Å². The predicted octanol–water partition coefficient (Wildman–Crippen LogP) is 2.45. The van der Waals surface area contributed by atoms with Gasteiger partial charge in [-0.05, 0) is 37.9 Å². The first-order chi connectivity index (χ1) is 7.93. The number of hydrogen-bond acceptors (Lipinski definition) is 2. The minimum atomic E-state index is 0.210. The zero-order valence-electron chi connectivity index (χ0n) is 11.7. The molecule has 1 aromatic carbocycles. The molecule has 0 aliphatic carbocycles. The molecule has 0 amide bonds. The van der Waals surface area contributed by atoms with E-state index in [2.05, 4.69) is 57.0 Å². The molecule has 0 spiro atoms. The summed E-state index contributed by atoms with van der Waals surface area (Å²) in [5.74, 6) is 0. The Hall–Kier alpha value is -0.860. The second-order valence-electron chi connectivity index (χ2n) is 5.85. The summed E-state index contributed by atoms with van der Waals surface area (Å²) in [6, 6.07) is 8.75. The van der Waals surface area contributed by atoms with Crippen molar-refractivity contribution in [2.45, 2.75) is 27.2 Å². The highest BCUT2D eigenvalue weighted by Gasteiger charge is 2.17. The van der Waals surface area contributed by atoms with Gasteiger partial charge >= 0.3 is 0 Å². The van der Waals surface area contributed by atoms with E-state index in [1.165, 1.54) is 11.1 Å². The lowest BCUT2D eigenvalue weighted by molar-refractivity contribution is 0.218. The van der Waals surface area contributed by atoms with Gasteiger partial charge in [0, 0.05) is 13.1 Å². The molecule has 1 aromatic rings. The molecule has 0 fully saturated rings. The molecule has 2 nitrogen and oxygen atoms in total. The lowest BCUT2D eigenvalue weighted by Crippen LogP contribution is -2.37. The Labute approximate surface area is 106 Å². The van der Waals surface area contributed by atoms with E-state index in [0.29, 0.717) is 0 Å². The molecule has 0 bridgehead atoms. The molecule has 0 radical (unpaired) electrons. The average molecular weight is 234 g/mol. The maximum atomic E-state index is 5.76. The van der Waals surface area contributed by atoms with Crippen molar-refractivity contribution in [1.29, 1.82) is 0 Å². The van der Waals surface area contributed by atoms with E-state index in [-0.39, 0.29) is 5.41 Å². The van der Waals surface area contributed by atoms with Crippen molar-refractivity contribution in [3.05, 3.63) is 35.4 Å². The van der Waals surface area contributed by atoms with Gasteiger partial charge in [0.25, 0.3) is 0 Å². The van der Waals surface area contributed by atoms with E-state index in [9.17, 15) is 0 Å². The summed E-state index contributed by atoms with van der Waals surface area (Å²) in [6.45, 7) is 9.46. The van der Waals surface area contributed by atoms with Crippen LogP contribution in [0.2, 0.25) is 0 Å². The van der Waals surface area contributed by atoms with Gasteiger partial charge in [-0.15, -0.1) is 0 Å². The van der Waals surface area contributed by atoms with Crippen molar-refractivity contribution in [3.63, 3.8) is 0 Å². The fourth-order valence-electron chi connectivity index (χ4n) is 2.06. The first-order valence-electron chi connectivity index (χ1n) is 6.37. The molecule has 0 heterocycles. The van der Waals surface area contributed by atoms with E-state index < -0.39 is 0 Å². The standard InChI is InChI=1S/C15H26N2/c1-13-6-5-7-14(10-13)8-9-17(4)12-15(2,3)11-16/h5-7,10H,8-9,11-12,16H2,1-4H3. The van der Waals surface area contributed by atoms with Crippen LogP contribution in [0.5, 0.6) is 0 Å². The normalized spacial score (nSPS) is 12.1. The Bertz CT molecular complexity index is 345. The smallest absolute Gasteiger partial charge is 0.00418 e. The lowest BCUT2D eigenvalue weighted by atomic mass is 9.93. The van der Waals surface area contributed by atoms with E-state index >= 15 is 0 Å². The van der Waals surface area contributed by atoms with Crippen LogP contribution < -0.4 is 5.73 Å². The molecule has 1 rings (SSSR count). The third-order valence-electron chi connectivity index (χ3n) is 3.12. The van der Waals surface area contributed by atoms with Gasteiger partial charge in [0.15, 0.2) is 0 Å². The number of aryl methyl sites for hydroxylation is 1. The first kappa shape index (κ1) is 14.2. The highest BCUT2D eigenvalue weighted by molar-refractivity contribution is 5.22. The second kappa shape index (κ2) is 6.18. The summed E-state index contributed by atoms with van der Waals surface area (Å²) in [6.07, 6.45) is 1.11. The maximum Gasteiger partial charge on any atom is 0.00418 e. The van der Waals surface area contributed by atoms with E-state index in [1.807, 2.05) is 0 Å². The van der Waals surface area contributed by atoms with Gasteiger partial charge in [0.05, 0.1) is 0 Å². The zero-order chi connectivity index (χ0) is 12.9. The highest BCUT2D eigenvalue weighted by atomic mass is 15.1. The summed E-state index contributed by atoms with van der Waals surface area (Å²) < 4.78 is 0. The Morgan fingerprint density at radius 2 is 2.00 bits per heavy atom. The van der Waals surface area contributed by atoms with Gasteiger partial charge in [0.1, 0.15) is 0 Å². The van der Waals surface area contributed by atoms with Gasteiger partial charge in [-0.2, -0.15) is 0 Å². The molecule has 0 saturated carbocycles. The SMILES string of the molecule is Cc1cccc(CCN(C)CC(C)(C)CN)c1. The minimum Gasteiger partial charge on any atom is -0.330 e. The van der Waals surface area contributed by atoms with Crippen LogP contribution in [0.1, 0.15) is 25.0 Å². The Morgan fingerprint density at radius 3 is 2.59 bits per heavy atom. The summed E-state index contributed by atoms with van der Waals surface area (Å²) in [7, 11) is 2.17. The van der Waals surface area contributed by atoms with Crippen molar-refractivity contribution in [1.82, 2.24) is 4.90 Å². The van der Waals surface area contributed by atoms with Gasteiger partial charge in [-0.1, -0.05) is 43.7 Å². The van der Waals surface area contributed by atoms with E-state index in [1.54, 1.807) is 0 Å². The van der Waals surface area contributed by atoms with Crippen LogP contribution in [0, 0.1) is 12.3 Å². The fourth-order valence-corrected chi connectivity index (χ4v) is 2.06. The number of benzene rings is 1. The Kier molecular flexibility index (Phi) is 5.16. The first-order valence-corrected chi connectivity index (χ1v) is 6.37. The summed E-state index contributed by atoms with van der Waals surface area (Å²) in [5.41, 5.74) is 8.72. The van der Waals surface area contributed by atoms with E-state index in [4.69, 9.17) is 5.73 Å². The van der Waals surface area contributed by atoms with Crippen molar-refractivity contribution in [3.8, 4) is 0 Å². The Morgan fingerprint density at radius 1 is 1.29 bits per heavy atom. The molecular weight excluding hydrogens is 208 g/mol. The van der Waals surface area contributed by atoms with Gasteiger partial charge < -0.3 is 10.6 Å². The summed E-state index contributed by atoms with van der Waals surface area (Å²) in [5, 5.41) is 0. The summed E-state index contributed by atoms with van der Waals surface area (Å²) in [4.78, 5) is 2.37. The molecule has 0 atom stereocenters. The molecule has 2 heteroatoms. The quantitative estimate of drug-likeness (QED) is 0.819. The van der Waals surface area contributed by atoms with Crippen LogP contribution in [-0.2, 0) is 6.42 Å². The minimum absolute atomic E-state index is 0.210. The van der Waals surface area contributed by atoms with Crippen molar-refractivity contribution < 1.29 is 0 Å². The average Bonchev–Trinajstić information content (AvgIpc) is 2.26. The van der Waals surface area contributed by atoms with Crippen molar-refractivity contribution >= 4 is 0 Å². The third-order valence-corrected chi connectivity index (χ3v) is 3.12. The molecule has 17 heavy (non-hydrogen) atoms. The van der Waals surface area contributed by atoms with E-state index in [0.717, 1.165) is 26.1 Å². The predicted molar refractivity (Wildman–Crippen MR) is 75.2 cm³/mol. The zero-order valence-corrected chi connectivity index (χ0v) is 11.7. The van der Waals surface area contributed by atoms with Crippen molar-refractivity contribution in [2.75, 3.05) is 26.7 Å². The number of nitrogens with zero attached hydrogens (tertiary/aromatic N) is 1. The highest BCUT2D eigenvalue weighted by Crippen LogP contribution is 2.14. The van der Waals surface area contributed by atoms with Crippen molar-refractivity contribution in [2.24, 2.45) is 11.1 Å². The molecule has 96 valence electrons. The number of hydrogen-bond donors (Lipinski definition) is 1. The monoisotopic (exact) mass is 234 g/mol. The topological polar surface area (TPSA) is 29.3 Å². The van der Waals surface area contributed by atoms with Crippen LogP contribution in [0.25, 0.3) is 0 Å². The molecule has 0 saturated heterocycles. The fraction of sp³-hybridized carbons (Fsp3) is 0.600. The molecule has 0 aromatic heterocycles. The molecule has 0 aliphatic rings. The lowest BCUT2D eigenvalue weighted by Gasteiger charge is -2.29. The Balaban J connectivity index is 2.40. The third kappa shape index (κ3) is 5.33. The molecule has 2 N–H and O–H groups in total. The summed E-state index contributed by atoms with van der Waals surface area (Å²) >= 11 is 0. The van der Waals surface area contributed by atoms with Crippen LogP contribution >= 0.6 is 0 Å². The molecular formula is C15H26N2. The number of likely N-dealkylation sites (N-methyl/N-ethyl adjacent to an activating group) is 1. The van der Waals surface area contributed by atoms with Crippen LogP contribution in [0.15, 0.2) is 24.3 Å². The largest absolute Gasteiger partial charge is 0.330 e. The number of nitrogens with two attached hydrogens (primary N) is 1. The van der Waals surface area contributed by atoms with Gasteiger partial charge in [0.2, 0.25) is 0 Å². The number of rotatable bonds is 6. The molecule has 0 unspecified atom stereocenters.